The molecule has 0 spiro atoms. The fourth-order valence-corrected chi connectivity index (χ4v) is 4.46. The number of thiazole rings is 1. The van der Waals surface area contributed by atoms with E-state index in [2.05, 4.69) is 35.0 Å². The summed E-state index contributed by atoms with van der Waals surface area (Å²) < 4.78 is 13.2. The third-order valence-corrected chi connectivity index (χ3v) is 6.13. The number of nitrogens with zero attached hydrogens (tertiary/aromatic N) is 3. The summed E-state index contributed by atoms with van der Waals surface area (Å²) in [5.41, 5.74) is 4.13. The molecule has 1 saturated heterocycles. The quantitative estimate of drug-likeness (QED) is 0.635. The number of rotatable bonds is 4. The summed E-state index contributed by atoms with van der Waals surface area (Å²) in [5, 5.41) is 2.94. The maximum absolute atomic E-state index is 13.2. The van der Waals surface area contributed by atoms with E-state index >= 15 is 0 Å². The van der Waals surface area contributed by atoms with Crippen LogP contribution in [0, 0.1) is 12.7 Å². The molecule has 2 heterocycles. The van der Waals surface area contributed by atoms with Crippen molar-refractivity contribution in [2.24, 2.45) is 0 Å². The Hall–Kier alpha value is -2.73. The van der Waals surface area contributed by atoms with Crippen molar-refractivity contribution in [3.05, 3.63) is 71.0 Å². The highest BCUT2D eigenvalue weighted by atomic mass is 32.1. The van der Waals surface area contributed by atoms with Crippen LogP contribution in [-0.2, 0) is 11.2 Å². The van der Waals surface area contributed by atoms with E-state index in [-0.39, 0.29) is 11.7 Å². The number of benzene rings is 2. The van der Waals surface area contributed by atoms with Crippen LogP contribution in [-0.4, -0.2) is 42.0 Å². The first-order valence-electron chi connectivity index (χ1n) is 9.88. The predicted octanol–water partition coefficient (Wildman–Crippen LogP) is 4.54. The number of amides is 1. The Morgan fingerprint density at radius 1 is 1.10 bits per heavy atom. The van der Waals surface area contributed by atoms with Crippen LogP contribution in [0.25, 0.3) is 10.6 Å². The van der Waals surface area contributed by atoms with Gasteiger partial charge in [0.25, 0.3) is 0 Å². The minimum Gasteiger partial charge on any atom is -0.370 e. The molecular formula is C23H24FN3OS. The summed E-state index contributed by atoms with van der Waals surface area (Å²) in [6, 6.07) is 14.8. The van der Waals surface area contributed by atoms with Crippen LogP contribution < -0.4 is 4.90 Å². The zero-order valence-electron chi connectivity index (χ0n) is 16.5. The summed E-state index contributed by atoms with van der Waals surface area (Å²) >= 11 is 1.58. The Balaban J connectivity index is 1.37. The predicted molar refractivity (Wildman–Crippen MR) is 116 cm³/mol. The first kappa shape index (κ1) is 19.6. The number of aromatic nitrogens is 1. The van der Waals surface area contributed by atoms with Gasteiger partial charge >= 0.3 is 0 Å². The van der Waals surface area contributed by atoms with Gasteiger partial charge in [-0.2, -0.15) is 0 Å². The van der Waals surface area contributed by atoms with Gasteiger partial charge in [0.2, 0.25) is 5.91 Å². The molecule has 1 amide bonds. The Labute approximate surface area is 174 Å². The van der Waals surface area contributed by atoms with E-state index in [1.807, 2.05) is 16.3 Å². The third kappa shape index (κ3) is 4.82. The second-order valence-corrected chi connectivity index (χ2v) is 8.25. The lowest BCUT2D eigenvalue weighted by Gasteiger charge is -2.23. The lowest BCUT2D eigenvalue weighted by atomic mass is 10.1. The smallest absolute Gasteiger partial charge is 0.228 e. The Kier molecular flexibility index (Phi) is 5.90. The zero-order chi connectivity index (χ0) is 20.2. The van der Waals surface area contributed by atoms with Crippen molar-refractivity contribution in [2.75, 3.05) is 31.1 Å². The first-order valence-corrected chi connectivity index (χ1v) is 10.8. The van der Waals surface area contributed by atoms with Gasteiger partial charge in [0.05, 0.1) is 12.1 Å². The molecule has 3 aromatic rings. The highest BCUT2D eigenvalue weighted by Crippen LogP contribution is 2.25. The number of hydrogen-bond acceptors (Lipinski definition) is 4. The molecule has 0 atom stereocenters. The van der Waals surface area contributed by atoms with Crippen LogP contribution in [0.15, 0.2) is 53.9 Å². The van der Waals surface area contributed by atoms with Gasteiger partial charge in [0.1, 0.15) is 10.8 Å². The van der Waals surface area contributed by atoms with Crippen molar-refractivity contribution in [1.29, 1.82) is 0 Å². The minimum atomic E-state index is -0.228. The van der Waals surface area contributed by atoms with Crippen LogP contribution in [0.1, 0.15) is 17.7 Å². The average molecular weight is 410 g/mol. The van der Waals surface area contributed by atoms with Gasteiger partial charge in [0.15, 0.2) is 0 Å². The fraction of sp³-hybridized carbons (Fsp3) is 0.304. The average Bonchev–Trinajstić information content (AvgIpc) is 3.03. The van der Waals surface area contributed by atoms with Gasteiger partial charge in [-0.3, -0.25) is 4.79 Å². The van der Waals surface area contributed by atoms with Gasteiger partial charge in [-0.25, -0.2) is 9.37 Å². The Morgan fingerprint density at radius 3 is 2.72 bits per heavy atom. The number of carbonyl (C=O) groups is 1. The summed E-state index contributed by atoms with van der Waals surface area (Å²) in [6.07, 6.45) is 1.23. The van der Waals surface area contributed by atoms with E-state index in [1.165, 1.54) is 17.7 Å². The molecule has 0 aliphatic carbocycles. The maximum Gasteiger partial charge on any atom is 0.228 e. The highest BCUT2D eigenvalue weighted by molar-refractivity contribution is 7.13. The van der Waals surface area contributed by atoms with E-state index in [1.54, 1.807) is 23.5 Å². The number of aryl methyl sites for hydroxylation is 1. The molecule has 1 aliphatic rings. The van der Waals surface area contributed by atoms with Crippen molar-refractivity contribution in [3.63, 3.8) is 0 Å². The van der Waals surface area contributed by atoms with Crippen molar-refractivity contribution < 1.29 is 9.18 Å². The van der Waals surface area contributed by atoms with Gasteiger partial charge in [-0.05, 0) is 43.7 Å². The molecule has 1 aromatic heterocycles. The molecule has 0 N–H and O–H groups in total. The molecule has 150 valence electrons. The molecule has 2 aromatic carbocycles. The molecule has 0 saturated carbocycles. The van der Waals surface area contributed by atoms with E-state index in [9.17, 15) is 9.18 Å². The van der Waals surface area contributed by atoms with E-state index in [4.69, 9.17) is 0 Å². The monoisotopic (exact) mass is 409 g/mol. The normalized spacial score (nSPS) is 14.7. The van der Waals surface area contributed by atoms with E-state index in [0.29, 0.717) is 13.0 Å². The molecule has 29 heavy (non-hydrogen) atoms. The zero-order valence-corrected chi connectivity index (χ0v) is 17.3. The topological polar surface area (TPSA) is 36.4 Å². The number of anilines is 1. The molecule has 4 rings (SSSR count). The SMILES string of the molecule is Cc1cccc(-c2nc(CC(=O)N3CCCN(c4ccc(F)cc4)CC3)cs2)c1. The van der Waals surface area contributed by atoms with Crippen LogP contribution in [0.2, 0.25) is 0 Å². The summed E-state index contributed by atoms with van der Waals surface area (Å²) in [7, 11) is 0. The molecule has 6 heteroatoms. The van der Waals surface area contributed by atoms with Crippen molar-refractivity contribution in [1.82, 2.24) is 9.88 Å². The van der Waals surface area contributed by atoms with Crippen molar-refractivity contribution in [3.8, 4) is 10.6 Å². The van der Waals surface area contributed by atoms with Crippen LogP contribution in [0.4, 0.5) is 10.1 Å². The van der Waals surface area contributed by atoms with Gasteiger partial charge < -0.3 is 9.80 Å². The van der Waals surface area contributed by atoms with Crippen LogP contribution in [0.5, 0.6) is 0 Å². The van der Waals surface area contributed by atoms with Crippen molar-refractivity contribution >= 4 is 22.9 Å². The van der Waals surface area contributed by atoms with Gasteiger partial charge in [0, 0.05) is 42.8 Å². The lowest BCUT2D eigenvalue weighted by Crippen LogP contribution is -2.36. The second-order valence-electron chi connectivity index (χ2n) is 7.39. The summed E-state index contributed by atoms with van der Waals surface area (Å²) in [4.78, 5) is 21.6. The Bertz CT molecular complexity index is 986. The number of hydrogen-bond donors (Lipinski definition) is 0. The number of halogens is 1. The van der Waals surface area contributed by atoms with Crippen molar-refractivity contribution in [2.45, 2.75) is 19.8 Å². The molecule has 4 nitrogen and oxygen atoms in total. The molecule has 1 fully saturated rings. The standard InChI is InChI=1S/C23H24FN3OS/c1-17-4-2-5-18(14-17)23-25-20(16-29-23)15-22(28)27-11-3-10-26(12-13-27)21-8-6-19(24)7-9-21/h2,4-9,14,16H,3,10-13,15H2,1H3. The first-order chi connectivity index (χ1) is 14.1. The second kappa shape index (κ2) is 8.74. The van der Waals surface area contributed by atoms with Crippen LogP contribution >= 0.6 is 11.3 Å². The van der Waals surface area contributed by atoms with Crippen LogP contribution in [0.3, 0.4) is 0 Å². The molecule has 0 unspecified atom stereocenters. The minimum absolute atomic E-state index is 0.118. The third-order valence-electron chi connectivity index (χ3n) is 5.19. The summed E-state index contributed by atoms with van der Waals surface area (Å²) in [5.74, 6) is -0.110. The van der Waals surface area contributed by atoms with E-state index in [0.717, 1.165) is 48.0 Å². The largest absolute Gasteiger partial charge is 0.370 e. The van der Waals surface area contributed by atoms with E-state index < -0.39 is 0 Å². The fourth-order valence-electron chi connectivity index (χ4n) is 3.64. The molecule has 0 bridgehead atoms. The highest BCUT2D eigenvalue weighted by Gasteiger charge is 2.20. The maximum atomic E-state index is 13.2. The summed E-state index contributed by atoms with van der Waals surface area (Å²) in [6.45, 7) is 5.10. The molecular weight excluding hydrogens is 385 g/mol. The molecule has 1 aliphatic heterocycles. The molecule has 0 radical (unpaired) electrons. The van der Waals surface area contributed by atoms with Gasteiger partial charge in [-0.1, -0.05) is 23.8 Å². The Morgan fingerprint density at radius 2 is 1.93 bits per heavy atom. The van der Waals surface area contributed by atoms with Gasteiger partial charge in [-0.15, -0.1) is 11.3 Å². The lowest BCUT2D eigenvalue weighted by molar-refractivity contribution is -0.130. The number of carbonyl (C=O) groups excluding carboxylic acids is 1.